The lowest BCUT2D eigenvalue weighted by molar-refractivity contribution is -0.148. The molecule has 2 bridgehead atoms. The van der Waals surface area contributed by atoms with E-state index in [0.717, 1.165) is 25.7 Å². The van der Waals surface area contributed by atoms with Gasteiger partial charge in [-0.15, -0.1) is 0 Å². The molecule has 5 nitrogen and oxygen atoms in total. The summed E-state index contributed by atoms with van der Waals surface area (Å²) in [6.07, 6.45) is 8.98. The van der Waals surface area contributed by atoms with E-state index >= 15 is 0 Å². The molecule has 1 N–H and O–H groups in total. The summed E-state index contributed by atoms with van der Waals surface area (Å²) in [7, 11) is 0. The second kappa shape index (κ2) is 4.07. The predicted molar refractivity (Wildman–Crippen MR) is 69.9 cm³/mol. The fourth-order valence-corrected chi connectivity index (χ4v) is 4.51. The van der Waals surface area contributed by atoms with Crippen LogP contribution in [0.25, 0.3) is 0 Å². The Bertz CT molecular complexity index is 496. The fraction of sp³-hybridized carbons (Fsp3) is 0.733. The van der Waals surface area contributed by atoms with Gasteiger partial charge in [0.15, 0.2) is 0 Å². The van der Waals surface area contributed by atoms with Crippen molar-refractivity contribution in [2.24, 2.45) is 11.8 Å². The molecule has 4 rings (SSSR count). The molecular formula is C15H19NO4. The number of carboxylic acids is 1. The third-order valence-corrected chi connectivity index (χ3v) is 5.43. The summed E-state index contributed by atoms with van der Waals surface area (Å²) < 4.78 is 5.89. The third kappa shape index (κ3) is 1.47. The SMILES string of the molecule is O=C(O)[C@H]1[C@H]2C=C[C@]3(CN(C4CCCCC4)C(=O)[C@@H]13)O2. The molecule has 1 saturated carbocycles. The molecule has 1 spiro atoms. The first-order chi connectivity index (χ1) is 9.62. The average Bonchev–Trinajstić information content (AvgIpc) is 3.08. The lowest BCUT2D eigenvalue weighted by atomic mass is 9.77. The van der Waals surface area contributed by atoms with Crippen molar-refractivity contribution in [3.8, 4) is 0 Å². The zero-order valence-corrected chi connectivity index (χ0v) is 11.3. The Kier molecular flexibility index (Phi) is 2.52. The first kappa shape index (κ1) is 12.4. The van der Waals surface area contributed by atoms with Crippen LogP contribution >= 0.6 is 0 Å². The van der Waals surface area contributed by atoms with Gasteiger partial charge in [-0.1, -0.05) is 31.4 Å². The van der Waals surface area contributed by atoms with Gasteiger partial charge in [-0.05, 0) is 12.8 Å². The minimum atomic E-state index is -0.912. The van der Waals surface area contributed by atoms with Gasteiger partial charge in [0.2, 0.25) is 5.91 Å². The summed E-state index contributed by atoms with van der Waals surface area (Å²) in [6, 6.07) is 0.279. The van der Waals surface area contributed by atoms with E-state index in [-0.39, 0.29) is 11.9 Å². The molecule has 1 amide bonds. The quantitative estimate of drug-likeness (QED) is 0.770. The maximum atomic E-state index is 12.7. The molecule has 108 valence electrons. The normalized spacial score (nSPS) is 43.3. The summed E-state index contributed by atoms with van der Waals surface area (Å²) in [5, 5.41) is 9.41. The van der Waals surface area contributed by atoms with E-state index in [0.29, 0.717) is 6.54 Å². The number of carbonyl (C=O) groups excluding carboxylic acids is 1. The molecule has 0 aromatic heterocycles. The van der Waals surface area contributed by atoms with Crippen LogP contribution in [0.3, 0.4) is 0 Å². The van der Waals surface area contributed by atoms with Crippen molar-refractivity contribution in [3.05, 3.63) is 12.2 Å². The number of carbonyl (C=O) groups is 2. The molecule has 0 radical (unpaired) electrons. The van der Waals surface area contributed by atoms with Gasteiger partial charge < -0.3 is 14.7 Å². The molecule has 4 atom stereocenters. The molecule has 20 heavy (non-hydrogen) atoms. The first-order valence-corrected chi connectivity index (χ1v) is 7.53. The minimum absolute atomic E-state index is 0.00356. The van der Waals surface area contributed by atoms with Crippen LogP contribution in [0.1, 0.15) is 32.1 Å². The number of carboxylic acid groups (broad SMARTS) is 1. The monoisotopic (exact) mass is 277 g/mol. The molecule has 2 saturated heterocycles. The van der Waals surface area contributed by atoms with Gasteiger partial charge in [0, 0.05) is 6.04 Å². The Morgan fingerprint density at radius 1 is 1.35 bits per heavy atom. The fourth-order valence-electron chi connectivity index (χ4n) is 4.51. The van der Waals surface area contributed by atoms with Gasteiger partial charge in [0.05, 0.1) is 18.6 Å². The Labute approximate surface area is 117 Å². The van der Waals surface area contributed by atoms with E-state index in [4.69, 9.17) is 4.74 Å². The lowest BCUT2D eigenvalue weighted by Crippen LogP contribution is -2.42. The number of likely N-dealkylation sites (tertiary alicyclic amines) is 1. The van der Waals surface area contributed by atoms with E-state index in [9.17, 15) is 14.7 Å². The number of fused-ring (bicyclic) bond motifs is 1. The second-order valence-corrected chi connectivity index (χ2v) is 6.50. The van der Waals surface area contributed by atoms with Crippen molar-refractivity contribution >= 4 is 11.9 Å². The highest BCUT2D eigenvalue weighted by Gasteiger charge is 2.67. The molecule has 5 heteroatoms. The van der Waals surface area contributed by atoms with Gasteiger partial charge in [-0.2, -0.15) is 0 Å². The van der Waals surface area contributed by atoms with Crippen molar-refractivity contribution in [1.29, 1.82) is 0 Å². The van der Waals surface area contributed by atoms with E-state index in [1.807, 2.05) is 17.1 Å². The van der Waals surface area contributed by atoms with Crippen LogP contribution in [0.5, 0.6) is 0 Å². The topological polar surface area (TPSA) is 66.8 Å². The van der Waals surface area contributed by atoms with Gasteiger partial charge in [0.25, 0.3) is 0 Å². The highest BCUT2D eigenvalue weighted by atomic mass is 16.5. The van der Waals surface area contributed by atoms with Crippen molar-refractivity contribution in [2.75, 3.05) is 6.54 Å². The molecule has 3 aliphatic heterocycles. The molecule has 3 fully saturated rings. The van der Waals surface area contributed by atoms with Gasteiger partial charge >= 0.3 is 5.97 Å². The van der Waals surface area contributed by atoms with Crippen molar-refractivity contribution in [2.45, 2.75) is 49.9 Å². The number of nitrogens with zero attached hydrogens (tertiary/aromatic N) is 1. The van der Waals surface area contributed by atoms with Crippen LogP contribution < -0.4 is 0 Å². The minimum Gasteiger partial charge on any atom is -0.481 e. The molecule has 0 aromatic rings. The van der Waals surface area contributed by atoms with Gasteiger partial charge in [0.1, 0.15) is 11.5 Å². The smallest absolute Gasteiger partial charge is 0.310 e. The van der Waals surface area contributed by atoms with Crippen LogP contribution in [0.2, 0.25) is 0 Å². The van der Waals surface area contributed by atoms with E-state index in [2.05, 4.69) is 0 Å². The van der Waals surface area contributed by atoms with Crippen molar-refractivity contribution in [1.82, 2.24) is 4.90 Å². The molecule has 3 heterocycles. The Hall–Kier alpha value is -1.36. The molecule has 0 unspecified atom stereocenters. The summed E-state index contributed by atoms with van der Waals surface area (Å²) in [6.45, 7) is 0.540. The summed E-state index contributed by atoms with van der Waals surface area (Å²) in [4.78, 5) is 26.1. The Morgan fingerprint density at radius 2 is 2.10 bits per heavy atom. The highest BCUT2D eigenvalue weighted by molar-refractivity contribution is 5.91. The van der Waals surface area contributed by atoms with Crippen molar-refractivity contribution in [3.63, 3.8) is 0 Å². The summed E-state index contributed by atoms with van der Waals surface area (Å²) >= 11 is 0. The molecule has 4 aliphatic rings. The van der Waals surface area contributed by atoms with Crippen LogP contribution in [-0.4, -0.2) is 46.2 Å². The first-order valence-electron chi connectivity index (χ1n) is 7.53. The van der Waals surface area contributed by atoms with Crippen LogP contribution in [0, 0.1) is 11.8 Å². The molecule has 1 aliphatic carbocycles. The molecule has 0 aromatic carbocycles. The van der Waals surface area contributed by atoms with E-state index < -0.39 is 29.5 Å². The third-order valence-electron chi connectivity index (χ3n) is 5.43. The molecular weight excluding hydrogens is 258 g/mol. The Morgan fingerprint density at radius 3 is 2.80 bits per heavy atom. The zero-order chi connectivity index (χ0) is 13.9. The summed E-state index contributed by atoms with van der Waals surface area (Å²) in [5.41, 5.74) is -0.664. The maximum Gasteiger partial charge on any atom is 0.310 e. The standard InChI is InChI=1S/C15H19NO4/c17-13-12-11(14(18)19)10-6-7-15(12,20-10)8-16(13)9-4-2-1-3-5-9/h6-7,9-12H,1-5,8H2,(H,18,19)/t10-,11+,12-,15-/m1/s1. The van der Waals surface area contributed by atoms with E-state index in [1.165, 1.54) is 6.42 Å². The Balaban J connectivity index is 1.65. The number of hydrogen-bond donors (Lipinski definition) is 1. The zero-order valence-electron chi connectivity index (χ0n) is 11.3. The number of aliphatic carboxylic acids is 1. The number of rotatable bonds is 2. The number of amides is 1. The van der Waals surface area contributed by atoms with Crippen LogP contribution in [-0.2, 0) is 14.3 Å². The lowest BCUT2D eigenvalue weighted by Gasteiger charge is -2.32. The highest BCUT2D eigenvalue weighted by Crippen LogP contribution is 2.52. The van der Waals surface area contributed by atoms with E-state index in [1.54, 1.807) is 0 Å². The van der Waals surface area contributed by atoms with Crippen LogP contribution in [0.15, 0.2) is 12.2 Å². The van der Waals surface area contributed by atoms with Gasteiger partial charge in [-0.25, -0.2) is 0 Å². The predicted octanol–water partition coefficient (Wildman–Crippen LogP) is 1.19. The summed E-state index contributed by atoms with van der Waals surface area (Å²) in [5.74, 6) is -2.14. The number of ether oxygens (including phenoxy) is 1. The van der Waals surface area contributed by atoms with Gasteiger partial charge in [-0.3, -0.25) is 9.59 Å². The second-order valence-electron chi connectivity index (χ2n) is 6.50. The largest absolute Gasteiger partial charge is 0.481 e. The van der Waals surface area contributed by atoms with Crippen molar-refractivity contribution < 1.29 is 19.4 Å². The maximum absolute atomic E-state index is 12.7. The average molecular weight is 277 g/mol. The van der Waals surface area contributed by atoms with Crippen LogP contribution in [0.4, 0.5) is 0 Å². The number of hydrogen-bond acceptors (Lipinski definition) is 3.